The number of halogens is 3. The van der Waals surface area contributed by atoms with Gasteiger partial charge in [-0.15, -0.1) is 0 Å². The lowest BCUT2D eigenvalue weighted by Gasteiger charge is -2.25. The number of unbranched alkanes of at least 4 members (excludes halogenated alkanes) is 4. The summed E-state index contributed by atoms with van der Waals surface area (Å²) < 4.78 is 53.4. The number of rotatable bonds is 13. The molecule has 4 rings (SSSR count). The van der Waals surface area contributed by atoms with Gasteiger partial charge in [0.05, 0.1) is 31.2 Å². The summed E-state index contributed by atoms with van der Waals surface area (Å²) in [6.45, 7) is 2.97. The Balaban J connectivity index is 1.38. The van der Waals surface area contributed by atoms with E-state index in [0.29, 0.717) is 24.3 Å². The molecule has 220 valence electrons. The Bertz CT molecular complexity index is 1130. The molecule has 0 bridgehead atoms. The number of carbonyl (C=O) groups excluding carboxylic acids is 2. The minimum absolute atomic E-state index is 0.168. The van der Waals surface area contributed by atoms with Crippen molar-refractivity contribution in [1.82, 2.24) is 14.5 Å². The molecule has 0 spiro atoms. The van der Waals surface area contributed by atoms with Gasteiger partial charge in [-0.1, -0.05) is 38.7 Å². The molecule has 11 heteroatoms. The maximum Gasteiger partial charge on any atom is 0.406 e. The Hall–Kier alpha value is -3.24. The second-order valence-corrected chi connectivity index (χ2v) is 10.6. The van der Waals surface area contributed by atoms with E-state index in [0.717, 1.165) is 73.7 Å². The minimum Gasteiger partial charge on any atom is -0.493 e. The Labute approximate surface area is 233 Å². The average molecular weight is 565 g/mol. The average Bonchev–Trinajstić information content (AvgIpc) is 3.28. The number of ether oxygens (including phenoxy) is 2. The van der Waals surface area contributed by atoms with Gasteiger partial charge in [0, 0.05) is 32.3 Å². The first-order valence-electron chi connectivity index (χ1n) is 14.3. The van der Waals surface area contributed by atoms with Crippen molar-refractivity contribution in [3.63, 3.8) is 0 Å². The van der Waals surface area contributed by atoms with Crippen molar-refractivity contribution in [2.45, 2.75) is 84.0 Å². The molecule has 8 nitrogen and oxygen atoms in total. The first-order chi connectivity index (χ1) is 19.2. The zero-order valence-electron chi connectivity index (χ0n) is 23.1. The molecule has 1 amide bonds. The van der Waals surface area contributed by atoms with Crippen LogP contribution < -0.4 is 10.1 Å². The highest BCUT2D eigenvalue weighted by Gasteiger charge is 2.38. The predicted octanol–water partition coefficient (Wildman–Crippen LogP) is 5.29. The summed E-state index contributed by atoms with van der Waals surface area (Å²) in [7, 11) is 0. The number of imidazole rings is 1. The van der Waals surface area contributed by atoms with Gasteiger partial charge >= 0.3 is 12.1 Å². The van der Waals surface area contributed by atoms with Gasteiger partial charge < -0.3 is 24.3 Å². The number of nitrogens with one attached hydrogen (secondary N) is 1. The molecule has 2 aliphatic heterocycles. The quantitative estimate of drug-likeness (QED) is 0.263. The zero-order valence-corrected chi connectivity index (χ0v) is 23.1. The number of anilines is 1. The van der Waals surface area contributed by atoms with E-state index >= 15 is 0 Å². The van der Waals surface area contributed by atoms with Crippen LogP contribution in [0.3, 0.4) is 0 Å². The first-order valence-corrected chi connectivity index (χ1v) is 14.3. The Morgan fingerprint density at radius 1 is 1.15 bits per heavy atom. The van der Waals surface area contributed by atoms with Crippen LogP contribution in [0.4, 0.5) is 19.1 Å². The number of aromatic nitrogens is 2. The van der Waals surface area contributed by atoms with Crippen molar-refractivity contribution in [2.24, 2.45) is 5.92 Å². The highest BCUT2D eigenvalue weighted by molar-refractivity contribution is 5.84. The van der Waals surface area contributed by atoms with Gasteiger partial charge in [0.25, 0.3) is 0 Å². The molecule has 1 N–H and O–H groups in total. The van der Waals surface area contributed by atoms with Gasteiger partial charge in [-0.2, -0.15) is 13.2 Å². The van der Waals surface area contributed by atoms with E-state index in [4.69, 9.17) is 9.47 Å². The molecular weight excluding hydrogens is 525 g/mol. The van der Waals surface area contributed by atoms with E-state index in [-0.39, 0.29) is 26.0 Å². The van der Waals surface area contributed by atoms with Crippen molar-refractivity contribution in [1.29, 1.82) is 0 Å². The molecule has 0 saturated carbocycles. The molecule has 1 atom stereocenters. The lowest BCUT2D eigenvalue weighted by Crippen LogP contribution is -2.41. The first kappa shape index (κ1) is 29.7. The third kappa shape index (κ3) is 8.63. The SMILES string of the molecule is CCCCCCCOC(=O)CC1Cc2ccc(OCCc3cn4c(n3)NCCC4)cc2CN(CC(F)(F)F)C1=O. The lowest BCUT2D eigenvalue weighted by molar-refractivity contribution is -0.165. The molecule has 0 radical (unpaired) electrons. The van der Waals surface area contributed by atoms with Crippen LogP contribution in [0.5, 0.6) is 5.75 Å². The standard InChI is InChI=1S/C29H39F3N4O4/c1-2-3-4-5-6-13-40-26(37)17-22-15-21-8-9-25(16-23(21)18-36(27(22)38)20-29(30,31)32)39-14-10-24-19-35-12-7-11-33-28(35)34-24/h8-9,16,19,22H,2-7,10-15,17-18,20H2,1H3,(H,33,34). The van der Waals surface area contributed by atoms with Gasteiger partial charge in [0.2, 0.25) is 11.9 Å². The van der Waals surface area contributed by atoms with E-state index in [1.165, 1.54) is 0 Å². The van der Waals surface area contributed by atoms with Crippen molar-refractivity contribution >= 4 is 17.8 Å². The molecular formula is C29H39F3N4O4. The monoisotopic (exact) mass is 564 g/mol. The van der Waals surface area contributed by atoms with Crippen molar-refractivity contribution < 1.29 is 32.2 Å². The summed E-state index contributed by atoms with van der Waals surface area (Å²) in [6.07, 6.45) is 3.96. The number of fused-ring (bicyclic) bond motifs is 2. The number of carbonyl (C=O) groups is 2. The summed E-state index contributed by atoms with van der Waals surface area (Å²) in [5, 5.41) is 3.26. The zero-order chi connectivity index (χ0) is 28.5. The fraction of sp³-hybridized carbons (Fsp3) is 0.621. The Morgan fingerprint density at radius 3 is 2.75 bits per heavy atom. The maximum absolute atomic E-state index is 13.4. The number of esters is 1. The smallest absolute Gasteiger partial charge is 0.406 e. The third-order valence-electron chi connectivity index (χ3n) is 7.27. The molecule has 1 aromatic carbocycles. The van der Waals surface area contributed by atoms with Crippen molar-refractivity contribution in [3.8, 4) is 5.75 Å². The second kappa shape index (κ2) is 13.9. The number of benzene rings is 1. The van der Waals surface area contributed by atoms with Crippen molar-refractivity contribution in [2.75, 3.05) is 31.6 Å². The highest BCUT2D eigenvalue weighted by Crippen LogP contribution is 2.30. The molecule has 40 heavy (non-hydrogen) atoms. The van der Waals surface area contributed by atoms with Gasteiger partial charge in [-0.25, -0.2) is 4.98 Å². The Kier molecular flexibility index (Phi) is 10.3. The molecule has 3 heterocycles. The van der Waals surface area contributed by atoms with Gasteiger partial charge in [-0.3, -0.25) is 9.59 Å². The van der Waals surface area contributed by atoms with E-state index in [9.17, 15) is 22.8 Å². The van der Waals surface area contributed by atoms with Crippen LogP contribution in [0, 0.1) is 5.92 Å². The summed E-state index contributed by atoms with van der Waals surface area (Å²) in [4.78, 5) is 31.0. The highest BCUT2D eigenvalue weighted by atomic mass is 19.4. The number of aryl methyl sites for hydroxylation is 1. The number of hydrogen-bond donors (Lipinski definition) is 1. The minimum atomic E-state index is -4.56. The molecule has 0 fully saturated rings. The number of amides is 1. The van der Waals surface area contributed by atoms with E-state index in [1.807, 2.05) is 6.20 Å². The van der Waals surface area contributed by atoms with Crippen LogP contribution in [0.1, 0.15) is 68.7 Å². The molecule has 2 aliphatic rings. The normalized spacial score (nSPS) is 17.1. The van der Waals surface area contributed by atoms with Crippen LogP contribution in [-0.2, 0) is 40.3 Å². The van der Waals surface area contributed by atoms with Crippen molar-refractivity contribution in [3.05, 3.63) is 41.2 Å². The fourth-order valence-corrected chi connectivity index (χ4v) is 5.22. The maximum atomic E-state index is 13.4. The van der Waals surface area contributed by atoms with Crippen LogP contribution in [0.25, 0.3) is 0 Å². The number of alkyl halides is 3. The summed E-state index contributed by atoms with van der Waals surface area (Å²) in [6, 6.07) is 5.23. The fourth-order valence-electron chi connectivity index (χ4n) is 5.22. The predicted molar refractivity (Wildman–Crippen MR) is 144 cm³/mol. The second-order valence-electron chi connectivity index (χ2n) is 10.6. The summed E-state index contributed by atoms with van der Waals surface area (Å²) in [5.41, 5.74) is 2.22. The summed E-state index contributed by atoms with van der Waals surface area (Å²) >= 11 is 0. The Morgan fingerprint density at radius 2 is 1.98 bits per heavy atom. The number of hydrogen-bond acceptors (Lipinski definition) is 6. The molecule has 0 aliphatic carbocycles. The molecule has 2 aromatic rings. The van der Waals surface area contributed by atoms with E-state index in [2.05, 4.69) is 21.8 Å². The van der Waals surface area contributed by atoms with Gasteiger partial charge in [0.15, 0.2) is 0 Å². The van der Waals surface area contributed by atoms with Gasteiger partial charge in [0.1, 0.15) is 12.3 Å². The van der Waals surface area contributed by atoms with E-state index < -0.39 is 30.5 Å². The number of nitrogens with zero attached hydrogens (tertiary/aromatic N) is 3. The van der Waals surface area contributed by atoms with E-state index in [1.54, 1.807) is 18.2 Å². The molecule has 0 saturated heterocycles. The lowest BCUT2D eigenvalue weighted by atomic mass is 9.94. The summed E-state index contributed by atoms with van der Waals surface area (Å²) in [5.74, 6) is -0.788. The molecule has 1 aromatic heterocycles. The topological polar surface area (TPSA) is 85.7 Å². The van der Waals surface area contributed by atoms with Crippen LogP contribution in [0.15, 0.2) is 24.4 Å². The van der Waals surface area contributed by atoms with Crippen LogP contribution >= 0.6 is 0 Å². The molecule has 1 unspecified atom stereocenters. The third-order valence-corrected chi connectivity index (χ3v) is 7.27. The van der Waals surface area contributed by atoms with Crippen LogP contribution in [-0.4, -0.2) is 58.8 Å². The largest absolute Gasteiger partial charge is 0.493 e. The van der Waals surface area contributed by atoms with Crippen LogP contribution in [0.2, 0.25) is 0 Å². The van der Waals surface area contributed by atoms with Gasteiger partial charge in [-0.05, 0) is 42.5 Å².